The number of halogens is 2. The lowest BCUT2D eigenvalue weighted by molar-refractivity contribution is 0.477. The normalized spacial score (nSPS) is 11.8. The third-order valence-electron chi connectivity index (χ3n) is 2.05. The molecule has 0 spiro atoms. The molecule has 0 atom stereocenters. The van der Waals surface area contributed by atoms with Crippen LogP contribution in [0.2, 0.25) is 10.0 Å². The highest BCUT2D eigenvalue weighted by molar-refractivity contribution is 6.35. The minimum atomic E-state index is -0.150. The first-order valence-corrected chi connectivity index (χ1v) is 5.37. The molecular weight excluding hydrogens is 217 g/mol. The summed E-state index contributed by atoms with van der Waals surface area (Å²) in [5, 5.41) is 1.40. The van der Waals surface area contributed by atoms with Crippen molar-refractivity contribution in [2.75, 3.05) is 0 Å². The van der Waals surface area contributed by atoms with Crippen LogP contribution in [0.3, 0.4) is 0 Å². The predicted octanol–water partition coefficient (Wildman–Crippen LogP) is 3.66. The molecule has 0 saturated carbocycles. The van der Waals surface area contributed by atoms with Gasteiger partial charge in [-0.2, -0.15) is 0 Å². The first-order valence-electron chi connectivity index (χ1n) is 4.61. The number of nitrogens with two attached hydrogens (primary N) is 1. The van der Waals surface area contributed by atoms with Crippen molar-refractivity contribution in [3.8, 4) is 0 Å². The molecule has 0 aromatic heterocycles. The van der Waals surface area contributed by atoms with Crippen LogP contribution in [-0.2, 0) is 6.42 Å². The molecule has 3 heteroatoms. The van der Waals surface area contributed by atoms with Crippen LogP contribution in [0.15, 0.2) is 18.2 Å². The van der Waals surface area contributed by atoms with Crippen LogP contribution in [0.4, 0.5) is 0 Å². The quantitative estimate of drug-likeness (QED) is 0.845. The summed E-state index contributed by atoms with van der Waals surface area (Å²) in [5.74, 6) is 0. The van der Waals surface area contributed by atoms with Crippen LogP contribution < -0.4 is 5.73 Å². The molecule has 0 aliphatic rings. The van der Waals surface area contributed by atoms with Crippen molar-refractivity contribution in [1.82, 2.24) is 0 Å². The van der Waals surface area contributed by atoms with Gasteiger partial charge in [0.15, 0.2) is 0 Å². The van der Waals surface area contributed by atoms with E-state index in [1.807, 2.05) is 26.0 Å². The minimum absolute atomic E-state index is 0.150. The number of benzene rings is 1. The first kappa shape index (κ1) is 11.8. The molecule has 1 rings (SSSR count). The lowest BCUT2D eigenvalue weighted by atomic mass is 9.97. The summed E-state index contributed by atoms with van der Waals surface area (Å²) in [5.41, 5.74) is 6.85. The monoisotopic (exact) mass is 231 g/mol. The average Bonchev–Trinajstić information content (AvgIpc) is 2.00. The molecule has 0 aliphatic heterocycles. The van der Waals surface area contributed by atoms with Crippen LogP contribution in [0.25, 0.3) is 0 Å². The van der Waals surface area contributed by atoms with Gasteiger partial charge in [0.2, 0.25) is 0 Å². The standard InChI is InChI=1S/C11H15Cl2N/c1-11(2,14)6-5-8-3-4-9(12)7-10(8)13/h3-4,7H,5-6,14H2,1-2H3. The Bertz CT molecular complexity index is 316. The van der Waals surface area contributed by atoms with Crippen molar-refractivity contribution in [3.05, 3.63) is 33.8 Å². The highest BCUT2D eigenvalue weighted by Crippen LogP contribution is 2.23. The zero-order valence-electron chi connectivity index (χ0n) is 8.48. The Morgan fingerprint density at radius 1 is 1.29 bits per heavy atom. The van der Waals surface area contributed by atoms with E-state index in [0.717, 1.165) is 23.4 Å². The second-order valence-electron chi connectivity index (χ2n) is 4.22. The van der Waals surface area contributed by atoms with Gasteiger partial charge in [0.25, 0.3) is 0 Å². The summed E-state index contributed by atoms with van der Waals surface area (Å²) in [7, 11) is 0. The van der Waals surface area contributed by atoms with Gasteiger partial charge >= 0.3 is 0 Å². The summed E-state index contributed by atoms with van der Waals surface area (Å²) in [6, 6.07) is 5.57. The van der Waals surface area contributed by atoms with Crippen molar-refractivity contribution < 1.29 is 0 Å². The predicted molar refractivity (Wildman–Crippen MR) is 63.0 cm³/mol. The largest absolute Gasteiger partial charge is 0.326 e. The van der Waals surface area contributed by atoms with Gasteiger partial charge < -0.3 is 5.73 Å². The summed E-state index contributed by atoms with van der Waals surface area (Å²) in [6.07, 6.45) is 1.80. The molecule has 0 radical (unpaired) electrons. The van der Waals surface area contributed by atoms with Crippen molar-refractivity contribution in [2.45, 2.75) is 32.2 Å². The zero-order chi connectivity index (χ0) is 10.8. The molecule has 78 valence electrons. The lowest BCUT2D eigenvalue weighted by Crippen LogP contribution is -2.32. The molecule has 0 fully saturated rings. The van der Waals surface area contributed by atoms with E-state index in [-0.39, 0.29) is 5.54 Å². The molecule has 0 bridgehead atoms. The van der Waals surface area contributed by atoms with Gasteiger partial charge in [-0.05, 0) is 44.4 Å². The summed E-state index contributed by atoms with van der Waals surface area (Å²) >= 11 is 11.8. The topological polar surface area (TPSA) is 26.0 Å². The van der Waals surface area contributed by atoms with E-state index in [9.17, 15) is 0 Å². The molecule has 1 nitrogen and oxygen atoms in total. The molecule has 2 N–H and O–H groups in total. The number of hydrogen-bond acceptors (Lipinski definition) is 1. The Labute approximate surface area is 95.2 Å². The van der Waals surface area contributed by atoms with E-state index in [4.69, 9.17) is 28.9 Å². The smallest absolute Gasteiger partial charge is 0.0452 e. The fourth-order valence-corrected chi connectivity index (χ4v) is 1.68. The van der Waals surface area contributed by atoms with Crippen LogP contribution in [0.5, 0.6) is 0 Å². The van der Waals surface area contributed by atoms with Gasteiger partial charge in [-0.15, -0.1) is 0 Å². The van der Waals surface area contributed by atoms with Crippen LogP contribution in [0, 0.1) is 0 Å². The molecule has 0 amide bonds. The number of hydrogen-bond donors (Lipinski definition) is 1. The Kier molecular flexibility index (Phi) is 3.82. The second kappa shape index (κ2) is 4.52. The van der Waals surface area contributed by atoms with Gasteiger partial charge in [-0.25, -0.2) is 0 Å². The van der Waals surface area contributed by atoms with E-state index in [1.54, 1.807) is 6.07 Å². The maximum Gasteiger partial charge on any atom is 0.0452 e. The summed E-state index contributed by atoms with van der Waals surface area (Å²) < 4.78 is 0. The van der Waals surface area contributed by atoms with Crippen molar-refractivity contribution in [1.29, 1.82) is 0 Å². The Hall–Kier alpha value is -0.240. The molecule has 0 aliphatic carbocycles. The zero-order valence-corrected chi connectivity index (χ0v) is 9.99. The van der Waals surface area contributed by atoms with Gasteiger partial charge in [0, 0.05) is 15.6 Å². The lowest BCUT2D eigenvalue weighted by Gasteiger charge is -2.18. The maximum absolute atomic E-state index is 6.03. The molecular formula is C11H15Cl2N. The van der Waals surface area contributed by atoms with Crippen molar-refractivity contribution in [3.63, 3.8) is 0 Å². The van der Waals surface area contributed by atoms with Crippen LogP contribution in [-0.4, -0.2) is 5.54 Å². The molecule has 0 heterocycles. The van der Waals surface area contributed by atoms with E-state index in [0.29, 0.717) is 5.02 Å². The van der Waals surface area contributed by atoms with Crippen LogP contribution >= 0.6 is 23.2 Å². The maximum atomic E-state index is 6.03. The van der Waals surface area contributed by atoms with E-state index in [2.05, 4.69) is 0 Å². The number of rotatable bonds is 3. The summed E-state index contributed by atoms with van der Waals surface area (Å²) in [6.45, 7) is 4.02. The Morgan fingerprint density at radius 3 is 2.43 bits per heavy atom. The minimum Gasteiger partial charge on any atom is -0.326 e. The SMILES string of the molecule is CC(C)(N)CCc1ccc(Cl)cc1Cl. The highest BCUT2D eigenvalue weighted by Gasteiger charge is 2.11. The fourth-order valence-electron chi connectivity index (χ4n) is 1.18. The first-order chi connectivity index (χ1) is 6.38. The van der Waals surface area contributed by atoms with Gasteiger partial charge in [0.1, 0.15) is 0 Å². The number of aryl methyl sites for hydroxylation is 1. The van der Waals surface area contributed by atoms with Gasteiger partial charge in [-0.1, -0.05) is 29.3 Å². The molecule has 0 unspecified atom stereocenters. The molecule has 0 saturated heterocycles. The van der Waals surface area contributed by atoms with Gasteiger partial charge in [0.05, 0.1) is 0 Å². The van der Waals surface area contributed by atoms with Crippen LogP contribution in [0.1, 0.15) is 25.8 Å². The van der Waals surface area contributed by atoms with E-state index < -0.39 is 0 Å². The average molecular weight is 232 g/mol. The van der Waals surface area contributed by atoms with Gasteiger partial charge in [-0.3, -0.25) is 0 Å². The Balaban J connectivity index is 2.68. The molecule has 1 aromatic carbocycles. The van der Waals surface area contributed by atoms with E-state index in [1.165, 1.54) is 0 Å². The third kappa shape index (κ3) is 3.87. The third-order valence-corrected chi connectivity index (χ3v) is 2.64. The fraction of sp³-hybridized carbons (Fsp3) is 0.455. The molecule has 14 heavy (non-hydrogen) atoms. The summed E-state index contributed by atoms with van der Waals surface area (Å²) in [4.78, 5) is 0. The van der Waals surface area contributed by atoms with Crippen molar-refractivity contribution in [2.24, 2.45) is 5.73 Å². The van der Waals surface area contributed by atoms with Crippen molar-refractivity contribution >= 4 is 23.2 Å². The molecule has 1 aromatic rings. The van der Waals surface area contributed by atoms with E-state index >= 15 is 0 Å². The Morgan fingerprint density at radius 2 is 1.93 bits per heavy atom. The highest BCUT2D eigenvalue weighted by atomic mass is 35.5. The second-order valence-corrected chi connectivity index (χ2v) is 5.07.